The molecule has 1 aromatic rings. The van der Waals surface area contributed by atoms with E-state index in [0.717, 1.165) is 32.7 Å². The molecular weight excluding hydrogens is 322 g/mol. The van der Waals surface area contributed by atoms with E-state index in [1.54, 1.807) is 11.3 Å². The van der Waals surface area contributed by atoms with Crippen LogP contribution >= 0.6 is 27.3 Å². The lowest BCUT2D eigenvalue weighted by Gasteiger charge is -2.30. The summed E-state index contributed by atoms with van der Waals surface area (Å²) in [6, 6.07) is 2.79. The van der Waals surface area contributed by atoms with Crippen LogP contribution < -0.4 is 5.32 Å². The third-order valence-electron chi connectivity index (χ3n) is 3.16. The van der Waals surface area contributed by atoms with Gasteiger partial charge in [-0.3, -0.25) is 4.90 Å². The van der Waals surface area contributed by atoms with Crippen molar-refractivity contribution in [3.63, 3.8) is 0 Å². The van der Waals surface area contributed by atoms with Crippen LogP contribution in [0.5, 0.6) is 0 Å². The topological polar surface area (TPSA) is 18.5 Å². The molecule has 1 heterocycles. The van der Waals surface area contributed by atoms with E-state index in [2.05, 4.69) is 70.4 Å². The predicted octanol–water partition coefficient (Wildman–Crippen LogP) is 2.87. The molecule has 0 aliphatic carbocycles. The van der Waals surface area contributed by atoms with Crippen LogP contribution in [0.15, 0.2) is 15.9 Å². The molecule has 1 aromatic heterocycles. The number of likely N-dealkylation sites (N-methyl/N-ethyl adjacent to an activating group) is 2. The van der Waals surface area contributed by atoms with Crippen LogP contribution in [0.25, 0.3) is 0 Å². The molecule has 0 aromatic carbocycles. The zero-order chi connectivity index (χ0) is 14.3. The number of rotatable bonds is 9. The highest BCUT2D eigenvalue weighted by Crippen LogP contribution is 2.19. The van der Waals surface area contributed by atoms with E-state index < -0.39 is 0 Å². The molecule has 1 atom stereocenters. The van der Waals surface area contributed by atoms with Crippen molar-refractivity contribution in [2.24, 2.45) is 0 Å². The van der Waals surface area contributed by atoms with Gasteiger partial charge in [0.25, 0.3) is 0 Å². The van der Waals surface area contributed by atoms with Crippen LogP contribution in [0.1, 0.15) is 18.7 Å². The zero-order valence-corrected chi connectivity index (χ0v) is 14.9. The first kappa shape index (κ1) is 17.1. The molecule has 1 rings (SSSR count). The highest BCUT2D eigenvalue weighted by atomic mass is 79.9. The van der Waals surface area contributed by atoms with Crippen molar-refractivity contribution in [1.29, 1.82) is 0 Å². The fourth-order valence-electron chi connectivity index (χ4n) is 2.21. The lowest BCUT2D eigenvalue weighted by Crippen LogP contribution is -2.43. The van der Waals surface area contributed by atoms with Crippen LogP contribution in [0.2, 0.25) is 0 Å². The maximum absolute atomic E-state index is 3.52. The standard InChI is InChI=1S/C14H26BrN3S/c1-5-18(12(2)10-17(3)4)7-6-16-9-14-8-13(15)11-19-14/h8,11-12,16H,5-7,9-10H2,1-4H3. The van der Waals surface area contributed by atoms with E-state index in [0.29, 0.717) is 6.04 Å². The van der Waals surface area contributed by atoms with E-state index in [1.165, 1.54) is 9.35 Å². The maximum Gasteiger partial charge on any atom is 0.0300 e. The normalized spacial score (nSPS) is 13.4. The van der Waals surface area contributed by atoms with Crippen LogP contribution in [0.3, 0.4) is 0 Å². The molecule has 0 amide bonds. The Bertz CT molecular complexity index is 354. The van der Waals surface area contributed by atoms with Gasteiger partial charge >= 0.3 is 0 Å². The molecule has 0 radical (unpaired) electrons. The molecule has 0 spiro atoms. The van der Waals surface area contributed by atoms with Gasteiger partial charge in [0.15, 0.2) is 0 Å². The second-order valence-electron chi connectivity index (χ2n) is 5.15. The summed E-state index contributed by atoms with van der Waals surface area (Å²) in [4.78, 5) is 6.16. The highest BCUT2D eigenvalue weighted by molar-refractivity contribution is 9.10. The maximum atomic E-state index is 3.52. The van der Waals surface area contributed by atoms with E-state index in [1.807, 2.05) is 0 Å². The molecule has 0 aliphatic rings. The Morgan fingerprint density at radius 2 is 2.16 bits per heavy atom. The number of halogens is 1. The molecule has 0 bridgehead atoms. The van der Waals surface area contributed by atoms with Crippen LogP contribution in [-0.4, -0.2) is 56.1 Å². The first-order chi connectivity index (χ1) is 9.02. The predicted molar refractivity (Wildman–Crippen MR) is 89.0 cm³/mol. The van der Waals surface area contributed by atoms with Gasteiger partial charge in [-0.15, -0.1) is 11.3 Å². The minimum absolute atomic E-state index is 0.609. The molecule has 0 saturated heterocycles. The number of nitrogens with zero attached hydrogens (tertiary/aromatic N) is 2. The molecule has 0 aliphatic heterocycles. The summed E-state index contributed by atoms with van der Waals surface area (Å²) < 4.78 is 1.18. The van der Waals surface area contributed by atoms with Crippen molar-refractivity contribution < 1.29 is 0 Å². The molecule has 0 fully saturated rings. The van der Waals surface area contributed by atoms with Crippen molar-refractivity contribution in [3.05, 3.63) is 20.8 Å². The van der Waals surface area contributed by atoms with Crippen molar-refractivity contribution in [2.45, 2.75) is 26.4 Å². The summed E-state index contributed by atoms with van der Waals surface area (Å²) in [6.07, 6.45) is 0. The monoisotopic (exact) mass is 347 g/mol. The second-order valence-corrected chi connectivity index (χ2v) is 7.06. The van der Waals surface area contributed by atoms with Gasteiger partial charge in [-0.25, -0.2) is 0 Å². The summed E-state index contributed by atoms with van der Waals surface area (Å²) in [7, 11) is 4.27. The minimum Gasteiger partial charge on any atom is -0.311 e. The molecule has 1 unspecified atom stereocenters. The quantitative estimate of drug-likeness (QED) is 0.693. The van der Waals surface area contributed by atoms with Gasteiger partial charge in [-0.2, -0.15) is 0 Å². The zero-order valence-electron chi connectivity index (χ0n) is 12.4. The van der Waals surface area contributed by atoms with E-state index >= 15 is 0 Å². The summed E-state index contributed by atoms with van der Waals surface area (Å²) >= 11 is 5.29. The van der Waals surface area contributed by atoms with Gasteiger partial charge in [0, 0.05) is 47.0 Å². The summed E-state index contributed by atoms with van der Waals surface area (Å²) in [5, 5.41) is 5.66. The number of hydrogen-bond acceptors (Lipinski definition) is 4. The van der Waals surface area contributed by atoms with Gasteiger partial charge in [-0.05, 0) is 49.6 Å². The van der Waals surface area contributed by atoms with Crippen molar-refractivity contribution >= 4 is 27.3 Å². The largest absolute Gasteiger partial charge is 0.311 e. The first-order valence-electron chi connectivity index (χ1n) is 6.85. The first-order valence-corrected chi connectivity index (χ1v) is 8.52. The number of hydrogen-bond donors (Lipinski definition) is 1. The minimum atomic E-state index is 0.609. The SMILES string of the molecule is CCN(CCNCc1cc(Br)cs1)C(C)CN(C)C. The number of nitrogens with one attached hydrogen (secondary N) is 1. The fraction of sp³-hybridized carbons (Fsp3) is 0.714. The molecule has 1 N–H and O–H groups in total. The lowest BCUT2D eigenvalue weighted by molar-refractivity contribution is 0.182. The Hall–Kier alpha value is 0.0600. The molecule has 19 heavy (non-hydrogen) atoms. The third kappa shape index (κ3) is 6.86. The Kier molecular flexibility index (Phi) is 8.18. The Balaban J connectivity index is 2.22. The lowest BCUT2D eigenvalue weighted by atomic mass is 10.2. The van der Waals surface area contributed by atoms with Gasteiger partial charge in [-0.1, -0.05) is 6.92 Å². The van der Waals surface area contributed by atoms with E-state index in [-0.39, 0.29) is 0 Å². The van der Waals surface area contributed by atoms with Crippen molar-refractivity contribution in [2.75, 3.05) is 40.3 Å². The Morgan fingerprint density at radius 3 is 2.68 bits per heavy atom. The van der Waals surface area contributed by atoms with Gasteiger partial charge in [0.1, 0.15) is 0 Å². The van der Waals surface area contributed by atoms with Gasteiger partial charge in [0.05, 0.1) is 0 Å². The van der Waals surface area contributed by atoms with Crippen molar-refractivity contribution in [3.8, 4) is 0 Å². The van der Waals surface area contributed by atoms with E-state index in [9.17, 15) is 0 Å². The summed E-state index contributed by atoms with van der Waals surface area (Å²) in [5.41, 5.74) is 0. The summed E-state index contributed by atoms with van der Waals surface area (Å²) in [6.45, 7) is 9.89. The molecule has 110 valence electrons. The van der Waals surface area contributed by atoms with E-state index in [4.69, 9.17) is 0 Å². The van der Waals surface area contributed by atoms with Gasteiger partial charge < -0.3 is 10.2 Å². The third-order valence-corrected chi connectivity index (χ3v) is 4.85. The summed E-state index contributed by atoms with van der Waals surface area (Å²) in [5.74, 6) is 0. The number of thiophene rings is 1. The molecule has 0 saturated carbocycles. The Morgan fingerprint density at radius 1 is 1.42 bits per heavy atom. The van der Waals surface area contributed by atoms with Gasteiger partial charge in [0.2, 0.25) is 0 Å². The smallest absolute Gasteiger partial charge is 0.0300 e. The molecule has 5 heteroatoms. The fourth-order valence-corrected chi connectivity index (χ4v) is 3.64. The Labute approximate surface area is 130 Å². The molecular formula is C14H26BrN3S. The van der Waals surface area contributed by atoms with Crippen LogP contribution in [-0.2, 0) is 6.54 Å². The average Bonchev–Trinajstić information content (AvgIpc) is 2.74. The van der Waals surface area contributed by atoms with Crippen molar-refractivity contribution in [1.82, 2.24) is 15.1 Å². The average molecular weight is 348 g/mol. The van der Waals surface area contributed by atoms with Crippen LogP contribution in [0.4, 0.5) is 0 Å². The second kappa shape index (κ2) is 9.08. The molecule has 3 nitrogen and oxygen atoms in total. The van der Waals surface area contributed by atoms with Crippen LogP contribution in [0, 0.1) is 0 Å². The highest BCUT2D eigenvalue weighted by Gasteiger charge is 2.12.